The molecule has 0 aliphatic carbocycles. The van der Waals surface area contributed by atoms with Gasteiger partial charge in [0.2, 0.25) is 0 Å². The van der Waals surface area contributed by atoms with Crippen LogP contribution in [0.2, 0.25) is 5.15 Å². The van der Waals surface area contributed by atoms with Crippen LogP contribution in [0, 0.1) is 0 Å². The van der Waals surface area contributed by atoms with Crippen LogP contribution >= 0.6 is 23.4 Å². The van der Waals surface area contributed by atoms with Crippen LogP contribution in [-0.2, 0) is 11.5 Å². The van der Waals surface area contributed by atoms with Crippen molar-refractivity contribution in [2.24, 2.45) is 0 Å². The zero-order chi connectivity index (χ0) is 10.1. The molecule has 1 aromatic rings. The quantitative estimate of drug-likeness (QED) is 0.789. The first-order valence-electron chi connectivity index (χ1n) is 5.11. The van der Waals surface area contributed by atoms with E-state index in [0.717, 1.165) is 29.5 Å². The Kier molecular flexibility index (Phi) is 3.07. The molecule has 1 aliphatic rings. The van der Waals surface area contributed by atoms with Crippen molar-refractivity contribution in [3.8, 4) is 0 Å². The average Bonchev–Trinajstić information content (AvgIpc) is 2.74. The van der Waals surface area contributed by atoms with Crippen molar-refractivity contribution in [1.29, 1.82) is 0 Å². The van der Waals surface area contributed by atoms with Crippen LogP contribution in [0.25, 0.3) is 0 Å². The highest BCUT2D eigenvalue weighted by Crippen LogP contribution is 2.36. The van der Waals surface area contributed by atoms with E-state index in [0.29, 0.717) is 6.04 Å². The van der Waals surface area contributed by atoms with Crippen molar-refractivity contribution in [2.75, 3.05) is 0 Å². The van der Waals surface area contributed by atoms with Crippen LogP contribution in [0.5, 0.6) is 0 Å². The molecule has 1 aromatic heterocycles. The van der Waals surface area contributed by atoms with E-state index in [4.69, 9.17) is 11.6 Å². The van der Waals surface area contributed by atoms with E-state index in [9.17, 15) is 0 Å². The van der Waals surface area contributed by atoms with Crippen LogP contribution in [0.1, 0.15) is 44.0 Å². The molecule has 0 radical (unpaired) electrons. The molecule has 0 fully saturated rings. The normalized spacial score (nSPS) is 15.1. The molecule has 78 valence electrons. The lowest BCUT2D eigenvalue weighted by Crippen LogP contribution is -2.09. The molecule has 0 unspecified atom stereocenters. The van der Waals surface area contributed by atoms with Gasteiger partial charge in [-0.1, -0.05) is 25.4 Å². The maximum absolute atomic E-state index is 6.31. The van der Waals surface area contributed by atoms with Gasteiger partial charge in [-0.25, -0.2) is 0 Å². The van der Waals surface area contributed by atoms with Gasteiger partial charge in [-0.15, -0.1) is 0 Å². The fraction of sp³-hybridized carbons (Fsp3) is 0.700. The van der Waals surface area contributed by atoms with Crippen LogP contribution in [0.3, 0.4) is 0 Å². The van der Waals surface area contributed by atoms with E-state index in [1.807, 2.05) is 16.4 Å². The zero-order valence-electron chi connectivity index (χ0n) is 8.59. The largest absolute Gasteiger partial charge is 0.250 e. The van der Waals surface area contributed by atoms with Crippen LogP contribution in [0.4, 0.5) is 0 Å². The summed E-state index contributed by atoms with van der Waals surface area (Å²) >= 11 is 8.21. The van der Waals surface area contributed by atoms with Crippen LogP contribution in [-0.4, -0.2) is 9.78 Å². The molecule has 4 heteroatoms. The van der Waals surface area contributed by atoms with Gasteiger partial charge in [0.25, 0.3) is 0 Å². The number of nitrogens with zero attached hydrogens (tertiary/aromatic N) is 2. The molecule has 0 saturated heterocycles. The molecule has 0 saturated carbocycles. The summed E-state index contributed by atoms with van der Waals surface area (Å²) < 4.78 is 2.02. The van der Waals surface area contributed by atoms with E-state index in [2.05, 4.69) is 18.9 Å². The summed E-state index contributed by atoms with van der Waals surface area (Å²) in [7, 11) is 0. The summed E-state index contributed by atoms with van der Waals surface area (Å²) in [4.78, 5) is 0. The highest BCUT2D eigenvalue weighted by molar-refractivity contribution is 7.98. The van der Waals surface area contributed by atoms with E-state index in [1.165, 1.54) is 11.3 Å². The molecule has 2 nitrogen and oxygen atoms in total. The van der Waals surface area contributed by atoms with Crippen LogP contribution in [0.15, 0.2) is 0 Å². The lowest BCUT2D eigenvalue weighted by Gasteiger charge is -2.14. The summed E-state index contributed by atoms with van der Waals surface area (Å²) in [6.07, 6.45) is 2.20. The Hall–Kier alpha value is -0.150. The third-order valence-electron chi connectivity index (χ3n) is 2.80. The van der Waals surface area contributed by atoms with Gasteiger partial charge in [-0.3, -0.25) is 4.68 Å². The number of hydrogen-bond acceptors (Lipinski definition) is 2. The standard InChI is InChI=1S/C10H15ClN2S/c1-3-7(4-2)13-10(11)8-5-14-6-9(8)12-13/h7H,3-6H2,1-2H3. The van der Waals surface area contributed by atoms with Gasteiger partial charge in [0.15, 0.2) is 0 Å². The molecule has 0 N–H and O–H groups in total. The minimum absolute atomic E-state index is 0.470. The Morgan fingerprint density at radius 3 is 2.71 bits per heavy atom. The second kappa shape index (κ2) is 4.15. The predicted molar refractivity (Wildman–Crippen MR) is 61.9 cm³/mol. The fourth-order valence-electron chi connectivity index (χ4n) is 1.88. The SMILES string of the molecule is CCC(CC)n1nc2c(c1Cl)CSC2. The Bertz CT molecular complexity index is 331. The summed E-state index contributed by atoms with van der Waals surface area (Å²) in [5.41, 5.74) is 2.47. The molecule has 0 amide bonds. The number of aromatic nitrogens is 2. The maximum atomic E-state index is 6.31. The predicted octanol–water partition coefficient (Wildman–Crippen LogP) is 3.64. The number of hydrogen-bond donors (Lipinski definition) is 0. The Morgan fingerprint density at radius 1 is 1.43 bits per heavy atom. The minimum atomic E-state index is 0.470. The summed E-state index contributed by atoms with van der Waals surface area (Å²) in [6.45, 7) is 4.37. The van der Waals surface area contributed by atoms with Crippen LogP contribution < -0.4 is 0 Å². The molecule has 1 aliphatic heterocycles. The lowest BCUT2D eigenvalue weighted by molar-refractivity contribution is 0.427. The van der Waals surface area contributed by atoms with E-state index < -0.39 is 0 Å². The second-order valence-electron chi connectivity index (χ2n) is 3.62. The molecule has 0 atom stereocenters. The first-order chi connectivity index (χ1) is 6.77. The summed E-state index contributed by atoms with van der Waals surface area (Å²) in [6, 6.07) is 0.470. The van der Waals surface area contributed by atoms with E-state index in [1.54, 1.807) is 0 Å². The van der Waals surface area contributed by atoms with Crippen molar-refractivity contribution in [1.82, 2.24) is 9.78 Å². The van der Waals surface area contributed by atoms with Gasteiger partial charge >= 0.3 is 0 Å². The molecule has 14 heavy (non-hydrogen) atoms. The lowest BCUT2D eigenvalue weighted by atomic mass is 10.2. The third-order valence-corrected chi connectivity index (χ3v) is 4.17. The molecule has 0 bridgehead atoms. The molecule has 2 heterocycles. The monoisotopic (exact) mass is 230 g/mol. The number of fused-ring (bicyclic) bond motifs is 1. The van der Waals surface area contributed by atoms with Crippen molar-refractivity contribution in [2.45, 2.75) is 44.2 Å². The van der Waals surface area contributed by atoms with E-state index in [-0.39, 0.29) is 0 Å². The zero-order valence-corrected chi connectivity index (χ0v) is 10.2. The second-order valence-corrected chi connectivity index (χ2v) is 4.97. The molecular formula is C10H15ClN2S. The fourth-order valence-corrected chi connectivity index (χ4v) is 3.34. The maximum Gasteiger partial charge on any atom is 0.131 e. The van der Waals surface area contributed by atoms with Gasteiger partial charge in [-0.05, 0) is 12.8 Å². The van der Waals surface area contributed by atoms with Gasteiger partial charge in [0.1, 0.15) is 5.15 Å². The molecule has 2 rings (SSSR count). The van der Waals surface area contributed by atoms with Gasteiger partial charge < -0.3 is 0 Å². The average molecular weight is 231 g/mol. The number of thioether (sulfide) groups is 1. The summed E-state index contributed by atoms with van der Waals surface area (Å²) in [5, 5.41) is 5.47. The van der Waals surface area contributed by atoms with Crippen molar-refractivity contribution in [3.63, 3.8) is 0 Å². The highest BCUT2D eigenvalue weighted by atomic mass is 35.5. The molecule has 0 aromatic carbocycles. The first kappa shape index (κ1) is 10.4. The third kappa shape index (κ3) is 1.57. The minimum Gasteiger partial charge on any atom is -0.250 e. The molecular weight excluding hydrogens is 216 g/mol. The van der Waals surface area contributed by atoms with Crippen molar-refractivity contribution >= 4 is 23.4 Å². The van der Waals surface area contributed by atoms with Gasteiger partial charge in [0, 0.05) is 17.1 Å². The Labute approximate surface area is 94.0 Å². The summed E-state index contributed by atoms with van der Waals surface area (Å²) in [5.74, 6) is 2.07. The Balaban J connectivity index is 2.35. The highest BCUT2D eigenvalue weighted by Gasteiger charge is 2.23. The van der Waals surface area contributed by atoms with Crippen molar-refractivity contribution in [3.05, 3.63) is 16.4 Å². The van der Waals surface area contributed by atoms with Gasteiger partial charge in [-0.2, -0.15) is 16.9 Å². The number of rotatable bonds is 3. The van der Waals surface area contributed by atoms with E-state index >= 15 is 0 Å². The molecule has 0 spiro atoms. The Morgan fingerprint density at radius 2 is 2.14 bits per heavy atom. The smallest absolute Gasteiger partial charge is 0.131 e. The van der Waals surface area contributed by atoms with Gasteiger partial charge in [0.05, 0.1) is 11.7 Å². The first-order valence-corrected chi connectivity index (χ1v) is 6.64. The van der Waals surface area contributed by atoms with Crippen molar-refractivity contribution < 1.29 is 0 Å². The number of halogens is 1. The topological polar surface area (TPSA) is 17.8 Å².